The van der Waals surface area contributed by atoms with Crippen LogP contribution in [0.1, 0.15) is 44.3 Å². The van der Waals surface area contributed by atoms with Gasteiger partial charge in [-0.2, -0.15) is 5.10 Å². The van der Waals surface area contributed by atoms with E-state index in [4.69, 9.17) is 0 Å². The molecule has 3 rings (SSSR count). The fourth-order valence-electron chi connectivity index (χ4n) is 4.16. The highest BCUT2D eigenvalue weighted by Crippen LogP contribution is 2.66. The normalized spacial score (nSPS) is 35.9. The average molecular weight is 389 g/mol. The van der Waals surface area contributed by atoms with Crippen molar-refractivity contribution in [2.24, 2.45) is 11.8 Å². The second kappa shape index (κ2) is 4.95. The molecule has 5 heteroatoms. The molecular formula is C15H24IN3O. The summed E-state index contributed by atoms with van der Waals surface area (Å²) in [6, 6.07) is 2.64. The molecule has 0 radical (unpaired) electrons. The summed E-state index contributed by atoms with van der Waals surface area (Å²) in [4.78, 5) is 2.10. The molecule has 0 aromatic carbocycles. The molecule has 1 aromatic rings. The van der Waals surface area contributed by atoms with Crippen molar-refractivity contribution < 1.29 is 5.11 Å². The number of fused-ring (bicyclic) bond motifs is 1. The van der Waals surface area contributed by atoms with Crippen molar-refractivity contribution in [1.29, 1.82) is 0 Å². The van der Waals surface area contributed by atoms with Crippen LogP contribution in [-0.2, 0) is 0 Å². The van der Waals surface area contributed by atoms with Crippen molar-refractivity contribution in [3.63, 3.8) is 0 Å². The van der Waals surface area contributed by atoms with E-state index < -0.39 is 5.60 Å². The molecule has 2 aliphatic rings. The lowest BCUT2D eigenvalue weighted by Gasteiger charge is -2.29. The Hall–Kier alpha value is -0.140. The molecule has 4 atom stereocenters. The summed E-state index contributed by atoms with van der Waals surface area (Å²) in [6.07, 6.45) is 1.89. The standard InChI is InChI=1S/C15H24IN3O/c1-9(2)19-12(5-13(16)17-19)14-10-6-15(20,7-11(10)14)8-18(3)4/h5,9-11,14,20H,6-8H2,1-4H3/t10-,11+,14?,15?. The van der Waals surface area contributed by atoms with Gasteiger partial charge in [-0.15, -0.1) is 0 Å². The van der Waals surface area contributed by atoms with Gasteiger partial charge >= 0.3 is 0 Å². The zero-order valence-corrected chi connectivity index (χ0v) is 14.8. The van der Waals surface area contributed by atoms with E-state index in [2.05, 4.69) is 57.2 Å². The lowest BCUT2D eigenvalue weighted by molar-refractivity contribution is 0.00937. The molecule has 0 aliphatic heterocycles. The highest BCUT2D eigenvalue weighted by molar-refractivity contribution is 14.1. The van der Waals surface area contributed by atoms with E-state index in [1.807, 2.05) is 14.1 Å². The first-order valence-electron chi connectivity index (χ1n) is 7.43. The van der Waals surface area contributed by atoms with Crippen LogP contribution in [0.25, 0.3) is 0 Å². The summed E-state index contributed by atoms with van der Waals surface area (Å²) >= 11 is 2.30. The molecule has 2 unspecified atom stereocenters. The minimum absolute atomic E-state index is 0.413. The van der Waals surface area contributed by atoms with Crippen LogP contribution in [0.15, 0.2) is 6.07 Å². The first-order valence-corrected chi connectivity index (χ1v) is 8.51. The molecule has 112 valence electrons. The maximum atomic E-state index is 10.6. The Kier molecular flexibility index (Phi) is 3.66. The number of likely N-dealkylation sites (N-methyl/N-ethyl adjacent to an activating group) is 1. The van der Waals surface area contributed by atoms with E-state index in [9.17, 15) is 5.11 Å². The van der Waals surface area contributed by atoms with Gasteiger partial charge in [-0.3, -0.25) is 4.68 Å². The lowest BCUT2D eigenvalue weighted by atomic mass is 9.93. The quantitative estimate of drug-likeness (QED) is 0.805. The summed E-state index contributed by atoms with van der Waals surface area (Å²) in [5.74, 6) is 1.94. The molecule has 0 spiro atoms. The van der Waals surface area contributed by atoms with E-state index >= 15 is 0 Å². The number of nitrogens with zero attached hydrogens (tertiary/aromatic N) is 3. The molecular weight excluding hydrogens is 365 g/mol. The minimum Gasteiger partial charge on any atom is -0.389 e. The van der Waals surface area contributed by atoms with Gasteiger partial charge in [0.2, 0.25) is 0 Å². The van der Waals surface area contributed by atoms with Crippen LogP contribution >= 0.6 is 22.6 Å². The maximum absolute atomic E-state index is 10.6. The van der Waals surface area contributed by atoms with E-state index in [-0.39, 0.29) is 0 Å². The van der Waals surface area contributed by atoms with Crippen molar-refractivity contribution in [3.8, 4) is 0 Å². The number of halogens is 1. The lowest BCUT2D eigenvalue weighted by Crippen LogP contribution is -2.39. The first-order chi connectivity index (χ1) is 9.31. The molecule has 2 fully saturated rings. The van der Waals surface area contributed by atoms with Crippen molar-refractivity contribution >= 4 is 22.6 Å². The van der Waals surface area contributed by atoms with Crippen LogP contribution in [0.3, 0.4) is 0 Å². The molecule has 1 heterocycles. The van der Waals surface area contributed by atoms with Gasteiger partial charge < -0.3 is 10.0 Å². The molecule has 1 aromatic heterocycles. The van der Waals surface area contributed by atoms with Gasteiger partial charge in [0, 0.05) is 24.2 Å². The molecule has 20 heavy (non-hydrogen) atoms. The average Bonchev–Trinajstić information content (AvgIpc) is 2.68. The SMILES string of the molecule is CC(C)n1nc(I)cc1C1[C@H]2CC(O)(CN(C)C)C[C@@H]12. The highest BCUT2D eigenvalue weighted by atomic mass is 127. The second-order valence-electron chi connectivity index (χ2n) is 7.15. The molecule has 2 aliphatic carbocycles. The number of rotatable bonds is 4. The van der Waals surface area contributed by atoms with E-state index in [1.54, 1.807) is 0 Å². The van der Waals surface area contributed by atoms with Crippen molar-refractivity contribution in [2.75, 3.05) is 20.6 Å². The molecule has 0 bridgehead atoms. The maximum Gasteiger partial charge on any atom is 0.123 e. The van der Waals surface area contributed by atoms with E-state index in [1.165, 1.54) is 5.69 Å². The van der Waals surface area contributed by atoms with Crippen LogP contribution in [-0.4, -0.2) is 46.0 Å². The smallest absolute Gasteiger partial charge is 0.123 e. The molecule has 1 N–H and O–H groups in total. The van der Waals surface area contributed by atoms with Crippen LogP contribution < -0.4 is 0 Å². The van der Waals surface area contributed by atoms with Crippen LogP contribution in [0.5, 0.6) is 0 Å². The number of aliphatic hydroxyl groups is 1. The van der Waals surface area contributed by atoms with Crippen molar-refractivity contribution in [2.45, 2.75) is 44.2 Å². The Morgan fingerprint density at radius 1 is 1.45 bits per heavy atom. The van der Waals surface area contributed by atoms with E-state index in [0.29, 0.717) is 23.8 Å². The summed E-state index contributed by atoms with van der Waals surface area (Å²) in [5, 5.41) is 15.3. The van der Waals surface area contributed by atoms with Gasteiger partial charge in [-0.1, -0.05) is 0 Å². The number of hydrogen-bond acceptors (Lipinski definition) is 3. The van der Waals surface area contributed by atoms with Crippen LogP contribution in [0, 0.1) is 15.5 Å². The second-order valence-corrected chi connectivity index (χ2v) is 8.26. The largest absolute Gasteiger partial charge is 0.389 e. The number of hydrogen-bond donors (Lipinski definition) is 1. The summed E-state index contributed by atoms with van der Waals surface area (Å²) < 4.78 is 3.26. The summed E-state index contributed by atoms with van der Waals surface area (Å²) in [5.41, 5.74) is 0.914. The third-order valence-electron chi connectivity index (χ3n) is 4.74. The Balaban J connectivity index is 1.73. The van der Waals surface area contributed by atoms with Crippen LogP contribution in [0.2, 0.25) is 0 Å². The number of aromatic nitrogens is 2. The van der Waals surface area contributed by atoms with Crippen molar-refractivity contribution in [1.82, 2.24) is 14.7 Å². The Labute approximate surface area is 134 Å². The molecule has 0 saturated heterocycles. The predicted molar refractivity (Wildman–Crippen MR) is 87.8 cm³/mol. The molecule has 2 saturated carbocycles. The fourth-order valence-corrected chi connectivity index (χ4v) is 4.71. The Morgan fingerprint density at radius 2 is 2.05 bits per heavy atom. The Morgan fingerprint density at radius 3 is 2.55 bits per heavy atom. The minimum atomic E-state index is -0.467. The molecule has 4 nitrogen and oxygen atoms in total. The third-order valence-corrected chi connectivity index (χ3v) is 5.27. The van der Waals surface area contributed by atoms with Gasteiger partial charge in [0.05, 0.1) is 5.60 Å². The fraction of sp³-hybridized carbons (Fsp3) is 0.800. The zero-order valence-electron chi connectivity index (χ0n) is 12.7. The predicted octanol–water partition coefficient (Wildman–Crippen LogP) is 2.48. The molecule has 0 amide bonds. The summed E-state index contributed by atoms with van der Waals surface area (Å²) in [6.45, 7) is 5.16. The van der Waals surface area contributed by atoms with Gasteiger partial charge in [0.25, 0.3) is 0 Å². The highest BCUT2D eigenvalue weighted by Gasteiger charge is 2.62. The van der Waals surface area contributed by atoms with Crippen LogP contribution in [0.4, 0.5) is 0 Å². The van der Waals surface area contributed by atoms with Gasteiger partial charge in [-0.25, -0.2) is 0 Å². The first kappa shape index (κ1) is 14.8. The van der Waals surface area contributed by atoms with Gasteiger partial charge in [-0.05, 0) is 81.3 Å². The topological polar surface area (TPSA) is 41.3 Å². The zero-order chi connectivity index (χ0) is 14.7. The third kappa shape index (κ3) is 2.52. The Bertz CT molecular complexity index is 499. The van der Waals surface area contributed by atoms with Gasteiger partial charge in [0.15, 0.2) is 0 Å². The monoisotopic (exact) mass is 389 g/mol. The van der Waals surface area contributed by atoms with Gasteiger partial charge in [0.1, 0.15) is 3.70 Å². The van der Waals surface area contributed by atoms with Crippen molar-refractivity contribution in [3.05, 3.63) is 15.5 Å². The van der Waals surface area contributed by atoms with E-state index in [0.717, 1.165) is 23.1 Å². The summed E-state index contributed by atoms with van der Waals surface area (Å²) in [7, 11) is 4.07.